The maximum absolute atomic E-state index is 12.8. The molecule has 0 saturated carbocycles. The number of alkyl halides is 3. The molecular formula is C28H33ClF3N3O4. The number of nitrogens with one attached hydrogen (secondary N) is 1. The number of benzene rings is 2. The smallest absolute Gasteiger partial charge is 0.425 e. The van der Waals surface area contributed by atoms with Gasteiger partial charge in [-0.15, -0.1) is 0 Å². The van der Waals surface area contributed by atoms with Crippen molar-refractivity contribution >= 4 is 17.5 Å². The van der Waals surface area contributed by atoms with Gasteiger partial charge in [-0.3, -0.25) is 4.79 Å². The van der Waals surface area contributed by atoms with Gasteiger partial charge in [0.1, 0.15) is 17.2 Å². The van der Waals surface area contributed by atoms with E-state index in [9.17, 15) is 28.2 Å². The monoisotopic (exact) mass is 567 g/mol. The van der Waals surface area contributed by atoms with E-state index < -0.39 is 29.8 Å². The Hall–Kier alpha value is -3.08. The fraction of sp³-hybridized carbons (Fsp3) is 0.429. The summed E-state index contributed by atoms with van der Waals surface area (Å²) in [6, 6.07) is 11.0. The van der Waals surface area contributed by atoms with Crippen LogP contribution < -0.4 is 10.1 Å². The lowest BCUT2D eigenvalue weighted by molar-refractivity contribution is -0.189. The number of ether oxygens (including phenoxy) is 1. The number of carbonyl (C=O) groups is 1. The summed E-state index contributed by atoms with van der Waals surface area (Å²) in [7, 11) is 0. The molecule has 3 aromatic rings. The van der Waals surface area contributed by atoms with Crippen molar-refractivity contribution in [2.75, 3.05) is 6.61 Å². The molecule has 0 fully saturated rings. The van der Waals surface area contributed by atoms with Crippen molar-refractivity contribution in [2.24, 2.45) is 0 Å². The minimum absolute atomic E-state index is 0.119. The third-order valence-corrected chi connectivity index (χ3v) is 6.46. The van der Waals surface area contributed by atoms with E-state index in [0.29, 0.717) is 25.2 Å². The van der Waals surface area contributed by atoms with Crippen molar-refractivity contribution in [1.82, 2.24) is 14.9 Å². The third kappa shape index (κ3) is 7.97. The number of aryl methyl sites for hydroxylation is 1. The first kappa shape index (κ1) is 30.5. The molecule has 0 saturated heterocycles. The van der Waals surface area contributed by atoms with Gasteiger partial charge in [0.15, 0.2) is 6.10 Å². The maximum Gasteiger partial charge on any atom is 0.425 e. The average Bonchev–Trinajstić information content (AvgIpc) is 3.30. The second-order valence-electron chi connectivity index (χ2n) is 9.83. The van der Waals surface area contributed by atoms with Gasteiger partial charge in [-0.1, -0.05) is 35.9 Å². The number of aromatic nitrogens is 2. The van der Waals surface area contributed by atoms with Gasteiger partial charge in [0.2, 0.25) is 0 Å². The van der Waals surface area contributed by atoms with Crippen molar-refractivity contribution in [3.05, 3.63) is 70.6 Å². The summed E-state index contributed by atoms with van der Waals surface area (Å²) in [5.74, 6) is -0.0838. The number of halogens is 4. The Morgan fingerprint density at radius 1 is 1.18 bits per heavy atom. The van der Waals surface area contributed by atoms with Crippen LogP contribution in [-0.2, 0) is 18.6 Å². The highest BCUT2D eigenvalue weighted by Crippen LogP contribution is 2.31. The molecule has 0 spiro atoms. The van der Waals surface area contributed by atoms with Crippen LogP contribution in [0.4, 0.5) is 13.2 Å². The van der Waals surface area contributed by atoms with Crippen LogP contribution in [0, 0.1) is 0 Å². The van der Waals surface area contributed by atoms with Crippen LogP contribution in [0.2, 0.25) is 5.02 Å². The molecule has 7 nitrogen and oxygen atoms in total. The normalized spacial score (nSPS) is 13.7. The number of aliphatic hydroxyl groups excluding tert-OH is 1. The lowest BCUT2D eigenvalue weighted by Crippen LogP contribution is -2.37. The van der Waals surface area contributed by atoms with Crippen LogP contribution >= 0.6 is 11.6 Å². The number of imidazole rings is 1. The van der Waals surface area contributed by atoms with E-state index in [-0.39, 0.29) is 22.9 Å². The Labute approximate surface area is 230 Å². The van der Waals surface area contributed by atoms with E-state index in [0.717, 1.165) is 23.7 Å². The van der Waals surface area contributed by atoms with E-state index in [1.54, 1.807) is 13.8 Å². The van der Waals surface area contributed by atoms with Gasteiger partial charge in [-0.05, 0) is 64.3 Å². The first-order chi connectivity index (χ1) is 18.2. The van der Waals surface area contributed by atoms with Crippen molar-refractivity contribution in [3.8, 4) is 17.0 Å². The summed E-state index contributed by atoms with van der Waals surface area (Å²) in [5.41, 5.74) is 1.59. The number of rotatable bonds is 11. The average molecular weight is 568 g/mol. The summed E-state index contributed by atoms with van der Waals surface area (Å²) < 4.78 is 45.1. The molecule has 3 rings (SSSR count). The summed E-state index contributed by atoms with van der Waals surface area (Å²) in [4.78, 5) is 17.4. The molecule has 1 aromatic heterocycles. The molecule has 1 unspecified atom stereocenters. The molecular weight excluding hydrogens is 535 g/mol. The summed E-state index contributed by atoms with van der Waals surface area (Å²) >= 11 is 6.07. The van der Waals surface area contributed by atoms with E-state index in [1.807, 2.05) is 42.0 Å². The van der Waals surface area contributed by atoms with Crippen molar-refractivity contribution < 1.29 is 32.9 Å². The van der Waals surface area contributed by atoms with E-state index in [2.05, 4.69) is 10.3 Å². The lowest BCUT2D eigenvalue weighted by Gasteiger charge is -2.20. The number of hydrogen-bond donors (Lipinski definition) is 3. The van der Waals surface area contributed by atoms with Gasteiger partial charge in [0.05, 0.1) is 10.7 Å². The molecule has 212 valence electrons. The minimum Gasteiger partial charge on any atom is -0.480 e. The van der Waals surface area contributed by atoms with Crippen LogP contribution in [0.1, 0.15) is 55.9 Å². The number of carbonyl (C=O) groups excluding carboxylic acids is 1. The molecule has 0 aliphatic heterocycles. The second-order valence-corrected chi connectivity index (χ2v) is 10.2. The standard InChI is InChI=1S/C28H33ClF3N3O4/c1-5-35-16-23(34-26(35)27(3,4)38)19-8-6-18(7-9-19)14-21(12-13-36)33-25(37)20-10-11-24(22(29)15-20)39-17(2)28(30,31)32/h6-11,15-17,21,36,38H,5,12-14H2,1-4H3,(H,33,37)/t17?,21-/m1/s1. The molecule has 1 amide bonds. The lowest BCUT2D eigenvalue weighted by atomic mass is 10.0. The van der Waals surface area contributed by atoms with E-state index >= 15 is 0 Å². The highest BCUT2D eigenvalue weighted by atomic mass is 35.5. The molecule has 0 aliphatic carbocycles. The number of amides is 1. The number of aliphatic hydroxyl groups is 2. The van der Waals surface area contributed by atoms with Crippen LogP contribution in [0.15, 0.2) is 48.7 Å². The molecule has 39 heavy (non-hydrogen) atoms. The Balaban J connectivity index is 1.69. The highest BCUT2D eigenvalue weighted by molar-refractivity contribution is 6.32. The zero-order valence-electron chi connectivity index (χ0n) is 22.2. The zero-order valence-corrected chi connectivity index (χ0v) is 23.0. The number of hydrogen-bond acceptors (Lipinski definition) is 5. The fourth-order valence-corrected chi connectivity index (χ4v) is 4.25. The molecule has 0 radical (unpaired) electrons. The Morgan fingerprint density at radius 2 is 1.85 bits per heavy atom. The maximum atomic E-state index is 12.8. The molecule has 0 bridgehead atoms. The van der Waals surface area contributed by atoms with Gasteiger partial charge < -0.3 is 24.8 Å². The summed E-state index contributed by atoms with van der Waals surface area (Å²) in [6.07, 6.45) is -3.99. The molecule has 11 heteroatoms. The van der Waals surface area contributed by atoms with Gasteiger partial charge in [-0.2, -0.15) is 13.2 Å². The third-order valence-electron chi connectivity index (χ3n) is 6.17. The Kier molecular flexibility index (Phi) is 9.69. The molecule has 0 aliphatic rings. The van der Waals surface area contributed by atoms with Crippen molar-refractivity contribution in [2.45, 2.75) is 71.0 Å². The van der Waals surface area contributed by atoms with Crippen LogP contribution in [-0.4, -0.2) is 50.6 Å². The van der Waals surface area contributed by atoms with Gasteiger partial charge in [0.25, 0.3) is 5.91 Å². The first-order valence-electron chi connectivity index (χ1n) is 12.6. The summed E-state index contributed by atoms with van der Waals surface area (Å²) in [6.45, 7) is 6.74. The van der Waals surface area contributed by atoms with Crippen LogP contribution in [0.3, 0.4) is 0 Å². The van der Waals surface area contributed by atoms with Crippen molar-refractivity contribution in [3.63, 3.8) is 0 Å². The molecule has 1 heterocycles. The SMILES string of the molecule is CCn1cc(-c2ccc(C[C@@H](CCO)NC(=O)c3ccc(OC(C)C(F)(F)F)c(Cl)c3)cc2)nc1C(C)(C)O. The summed E-state index contributed by atoms with van der Waals surface area (Å²) in [5, 5.41) is 22.7. The van der Waals surface area contributed by atoms with Gasteiger partial charge in [0, 0.05) is 36.5 Å². The molecule has 3 N–H and O–H groups in total. The Bertz CT molecular complexity index is 1270. The van der Waals surface area contributed by atoms with Crippen LogP contribution in [0.25, 0.3) is 11.3 Å². The molecule has 2 atom stereocenters. The predicted octanol–water partition coefficient (Wildman–Crippen LogP) is 5.50. The van der Waals surface area contributed by atoms with Gasteiger partial charge >= 0.3 is 6.18 Å². The minimum atomic E-state index is -4.55. The largest absolute Gasteiger partial charge is 0.480 e. The Morgan fingerprint density at radius 3 is 2.36 bits per heavy atom. The second kappa shape index (κ2) is 12.4. The fourth-order valence-electron chi connectivity index (χ4n) is 4.03. The van der Waals surface area contributed by atoms with Crippen LogP contribution in [0.5, 0.6) is 5.75 Å². The van der Waals surface area contributed by atoms with Gasteiger partial charge in [-0.25, -0.2) is 4.98 Å². The van der Waals surface area contributed by atoms with E-state index in [4.69, 9.17) is 16.3 Å². The number of nitrogens with zero attached hydrogens (tertiary/aromatic N) is 2. The predicted molar refractivity (Wildman–Crippen MR) is 143 cm³/mol. The molecule has 2 aromatic carbocycles. The van der Waals surface area contributed by atoms with Crippen molar-refractivity contribution in [1.29, 1.82) is 0 Å². The highest BCUT2D eigenvalue weighted by Gasteiger charge is 2.38. The quantitative estimate of drug-likeness (QED) is 0.284. The zero-order chi connectivity index (χ0) is 29.0. The first-order valence-corrected chi connectivity index (χ1v) is 12.9. The van der Waals surface area contributed by atoms with E-state index in [1.165, 1.54) is 18.2 Å². The topological polar surface area (TPSA) is 96.6 Å².